The molecule has 0 radical (unpaired) electrons. The molecule has 0 spiro atoms. The van der Waals surface area contributed by atoms with Crippen molar-refractivity contribution < 1.29 is 4.79 Å². The molecule has 1 saturated heterocycles. The second-order valence-corrected chi connectivity index (χ2v) is 4.44. The third kappa shape index (κ3) is 0.780. The predicted molar refractivity (Wildman–Crippen MR) is 47.5 cm³/mol. The summed E-state index contributed by atoms with van der Waals surface area (Å²) in [5.74, 6) is 1.27. The van der Waals surface area contributed by atoms with Gasteiger partial charge in [-0.1, -0.05) is 19.9 Å². The molecule has 0 aromatic rings. The molecular weight excluding hydrogens is 150 g/mol. The van der Waals surface area contributed by atoms with Crippen LogP contribution in [-0.4, -0.2) is 23.9 Å². The van der Waals surface area contributed by atoms with Crippen LogP contribution in [0.15, 0.2) is 12.7 Å². The molecule has 2 rings (SSSR count). The Hall–Kier alpha value is -0.790. The minimum Gasteiger partial charge on any atom is -0.338 e. The highest BCUT2D eigenvalue weighted by atomic mass is 16.2. The molecule has 2 fully saturated rings. The van der Waals surface area contributed by atoms with Crippen molar-refractivity contribution in [3.63, 3.8) is 0 Å². The first-order valence-corrected chi connectivity index (χ1v) is 4.48. The summed E-state index contributed by atoms with van der Waals surface area (Å²) in [6.07, 6.45) is 1.80. The highest BCUT2D eigenvalue weighted by molar-refractivity contribution is 5.86. The van der Waals surface area contributed by atoms with Crippen molar-refractivity contribution >= 4 is 5.91 Å². The fourth-order valence-corrected chi connectivity index (χ4v) is 2.42. The third-order valence-electron chi connectivity index (χ3n) is 3.39. The van der Waals surface area contributed by atoms with E-state index in [1.165, 1.54) is 0 Å². The fraction of sp³-hybridized carbons (Fsp3) is 0.700. The first-order valence-electron chi connectivity index (χ1n) is 4.48. The molecule has 2 aliphatic rings. The van der Waals surface area contributed by atoms with Crippen molar-refractivity contribution in [2.45, 2.75) is 13.8 Å². The summed E-state index contributed by atoms with van der Waals surface area (Å²) in [5, 5.41) is 0. The summed E-state index contributed by atoms with van der Waals surface area (Å²) in [7, 11) is 0. The lowest BCUT2D eigenvalue weighted by Crippen LogP contribution is -2.31. The first-order chi connectivity index (χ1) is 5.59. The summed E-state index contributed by atoms with van der Waals surface area (Å²) in [6.45, 7) is 9.68. The topological polar surface area (TPSA) is 20.3 Å². The summed E-state index contributed by atoms with van der Waals surface area (Å²) in [4.78, 5) is 13.5. The Morgan fingerprint density at radius 2 is 2.42 bits per heavy atom. The molecule has 2 heteroatoms. The van der Waals surface area contributed by atoms with Crippen LogP contribution in [0.4, 0.5) is 0 Å². The van der Waals surface area contributed by atoms with Crippen LogP contribution in [0.5, 0.6) is 0 Å². The van der Waals surface area contributed by atoms with Crippen molar-refractivity contribution in [2.75, 3.05) is 13.1 Å². The van der Waals surface area contributed by atoms with E-state index in [1.54, 1.807) is 6.08 Å². The molecule has 0 N–H and O–H groups in total. The van der Waals surface area contributed by atoms with Crippen LogP contribution in [0, 0.1) is 17.3 Å². The number of rotatable bonds is 2. The molecule has 1 amide bonds. The predicted octanol–water partition coefficient (Wildman–Crippen LogP) is 1.29. The van der Waals surface area contributed by atoms with Gasteiger partial charge in [-0.3, -0.25) is 4.79 Å². The zero-order valence-electron chi connectivity index (χ0n) is 7.71. The summed E-state index contributed by atoms with van der Waals surface area (Å²) in [6, 6.07) is 0. The van der Waals surface area contributed by atoms with E-state index in [9.17, 15) is 4.79 Å². The van der Waals surface area contributed by atoms with E-state index in [4.69, 9.17) is 0 Å². The number of nitrogens with zero attached hydrogens (tertiary/aromatic N) is 1. The molecule has 0 aromatic carbocycles. The molecule has 1 aliphatic heterocycles. The molecule has 2 atom stereocenters. The second-order valence-electron chi connectivity index (χ2n) is 4.44. The molecule has 0 bridgehead atoms. The van der Waals surface area contributed by atoms with Crippen molar-refractivity contribution in [3.05, 3.63) is 12.7 Å². The van der Waals surface area contributed by atoms with Gasteiger partial charge < -0.3 is 4.90 Å². The van der Waals surface area contributed by atoms with Crippen molar-refractivity contribution in [1.29, 1.82) is 0 Å². The Balaban J connectivity index is 2.06. The van der Waals surface area contributed by atoms with Gasteiger partial charge in [-0.15, -0.1) is 6.58 Å². The molecule has 1 aliphatic carbocycles. The van der Waals surface area contributed by atoms with Crippen molar-refractivity contribution in [3.8, 4) is 0 Å². The maximum atomic E-state index is 11.6. The third-order valence-corrected chi connectivity index (χ3v) is 3.39. The lowest BCUT2D eigenvalue weighted by Gasteiger charge is -2.20. The fourth-order valence-electron chi connectivity index (χ4n) is 2.42. The lowest BCUT2D eigenvalue weighted by molar-refractivity contribution is -0.130. The Bertz CT molecular complexity index is 244. The van der Waals surface area contributed by atoms with Crippen LogP contribution in [-0.2, 0) is 4.79 Å². The van der Waals surface area contributed by atoms with E-state index < -0.39 is 0 Å². The standard InChI is InChI=1S/C10H15NO/c1-4-5-11-6-7-8(9(11)12)10(7,2)3/h4,7-8H,1,5-6H2,2-3H3. The first kappa shape index (κ1) is 7.84. The van der Waals surface area contributed by atoms with Gasteiger partial charge in [0.1, 0.15) is 0 Å². The van der Waals surface area contributed by atoms with Gasteiger partial charge >= 0.3 is 0 Å². The van der Waals surface area contributed by atoms with Gasteiger partial charge in [0.25, 0.3) is 0 Å². The maximum Gasteiger partial charge on any atom is 0.226 e. The monoisotopic (exact) mass is 165 g/mol. The summed E-state index contributed by atoms with van der Waals surface area (Å²) < 4.78 is 0. The molecule has 66 valence electrons. The van der Waals surface area contributed by atoms with E-state index in [1.807, 2.05) is 4.90 Å². The smallest absolute Gasteiger partial charge is 0.226 e. The minimum absolute atomic E-state index is 0.286. The lowest BCUT2D eigenvalue weighted by atomic mass is 10.1. The van der Waals surface area contributed by atoms with Gasteiger partial charge in [-0.2, -0.15) is 0 Å². The van der Waals surface area contributed by atoms with Crippen LogP contribution in [0.2, 0.25) is 0 Å². The molecule has 0 aromatic heterocycles. The molecule has 12 heavy (non-hydrogen) atoms. The number of carbonyl (C=O) groups excluding carboxylic acids is 1. The second kappa shape index (κ2) is 2.12. The Morgan fingerprint density at radius 1 is 1.75 bits per heavy atom. The molecule has 1 heterocycles. The van der Waals surface area contributed by atoms with Crippen LogP contribution in [0.1, 0.15) is 13.8 Å². The number of hydrogen-bond donors (Lipinski definition) is 0. The van der Waals surface area contributed by atoms with Gasteiger partial charge in [0.05, 0.1) is 0 Å². The van der Waals surface area contributed by atoms with E-state index in [2.05, 4.69) is 20.4 Å². The van der Waals surface area contributed by atoms with Crippen molar-refractivity contribution in [1.82, 2.24) is 4.90 Å². The summed E-state index contributed by atoms with van der Waals surface area (Å²) >= 11 is 0. The van der Waals surface area contributed by atoms with Gasteiger partial charge in [-0.05, 0) is 11.3 Å². The average Bonchev–Trinajstić information content (AvgIpc) is 2.36. The Morgan fingerprint density at radius 3 is 2.83 bits per heavy atom. The largest absolute Gasteiger partial charge is 0.338 e. The Kier molecular flexibility index (Phi) is 1.39. The quantitative estimate of drug-likeness (QED) is 0.564. The van der Waals surface area contributed by atoms with Gasteiger partial charge in [-0.25, -0.2) is 0 Å². The maximum absolute atomic E-state index is 11.6. The highest BCUT2D eigenvalue weighted by Gasteiger charge is 2.66. The normalized spacial score (nSPS) is 36.5. The molecular formula is C10H15NO. The van der Waals surface area contributed by atoms with Crippen LogP contribution >= 0.6 is 0 Å². The Labute approximate surface area is 73.2 Å². The number of hydrogen-bond acceptors (Lipinski definition) is 1. The zero-order chi connectivity index (χ0) is 8.93. The van der Waals surface area contributed by atoms with E-state index in [0.29, 0.717) is 17.7 Å². The minimum atomic E-state index is 0.286. The van der Waals surface area contributed by atoms with Crippen LogP contribution in [0.25, 0.3) is 0 Å². The SMILES string of the molecule is C=CCN1CC2C(C1=O)C2(C)C. The molecule has 2 unspecified atom stereocenters. The van der Waals surface area contributed by atoms with Crippen LogP contribution in [0.3, 0.4) is 0 Å². The van der Waals surface area contributed by atoms with Gasteiger partial charge in [0.2, 0.25) is 5.91 Å². The van der Waals surface area contributed by atoms with Crippen LogP contribution < -0.4 is 0 Å². The van der Waals surface area contributed by atoms with E-state index >= 15 is 0 Å². The van der Waals surface area contributed by atoms with Crippen molar-refractivity contribution in [2.24, 2.45) is 17.3 Å². The number of carbonyl (C=O) groups is 1. The van der Waals surface area contributed by atoms with E-state index in [-0.39, 0.29) is 5.41 Å². The molecule has 2 nitrogen and oxygen atoms in total. The summed E-state index contributed by atoms with van der Waals surface area (Å²) in [5.41, 5.74) is 0.286. The van der Waals surface area contributed by atoms with E-state index in [0.717, 1.165) is 13.1 Å². The van der Waals surface area contributed by atoms with Gasteiger partial charge in [0.15, 0.2) is 0 Å². The number of fused-ring (bicyclic) bond motifs is 1. The highest BCUT2D eigenvalue weighted by Crippen LogP contribution is 2.62. The molecule has 1 saturated carbocycles. The number of piperidine rings is 1. The zero-order valence-corrected chi connectivity index (χ0v) is 7.71. The van der Waals surface area contributed by atoms with Gasteiger partial charge in [0, 0.05) is 19.0 Å². The number of likely N-dealkylation sites (tertiary alicyclic amines) is 1. The number of amides is 1. The average molecular weight is 165 g/mol.